The van der Waals surface area contributed by atoms with Gasteiger partial charge in [-0.2, -0.15) is 0 Å². The molecule has 0 saturated carbocycles. The lowest BCUT2D eigenvalue weighted by molar-refractivity contribution is 0.0496. The van der Waals surface area contributed by atoms with E-state index in [1.165, 1.54) is 33.6 Å². The molecule has 0 fully saturated rings. The number of esters is 1. The number of nitrogens with zero attached hydrogens (tertiary/aromatic N) is 1. The zero-order valence-electron chi connectivity index (χ0n) is 24.5. The second-order valence-corrected chi connectivity index (χ2v) is 9.16. The van der Waals surface area contributed by atoms with E-state index in [0.29, 0.717) is 59.6 Å². The molecule has 3 rings (SSSR count). The van der Waals surface area contributed by atoms with Crippen LogP contribution in [0.3, 0.4) is 0 Å². The number of hydrogen-bond donors (Lipinski definition) is 1. The molecule has 0 atom stereocenters. The van der Waals surface area contributed by atoms with E-state index in [-0.39, 0.29) is 11.8 Å². The number of aromatic nitrogens is 1. The summed E-state index contributed by atoms with van der Waals surface area (Å²) in [6, 6.07) is 12.1. The lowest BCUT2D eigenvalue weighted by atomic mass is 10.1. The van der Waals surface area contributed by atoms with Crippen molar-refractivity contribution in [2.45, 2.75) is 32.2 Å². The van der Waals surface area contributed by atoms with Gasteiger partial charge in [-0.25, -0.2) is 4.79 Å². The number of hydrogen-bond acceptors (Lipinski definition) is 10. The second-order valence-electron chi connectivity index (χ2n) is 9.16. The molecule has 1 heterocycles. The van der Waals surface area contributed by atoms with Crippen LogP contribution in [0.5, 0.6) is 28.7 Å². The van der Waals surface area contributed by atoms with Gasteiger partial charge in [-0.3, -0.25) is 9.78 Å². The predicted octanol–water partition coefficient (Wildman–Crippen LogP) is 5.27. The van der Waals surface area contributed by atoms with Gasteiger partial charge in [0.25, 0.3) is 0 Å². The molecule has 42 heavy (non-hydrogen) atoms. The number of pyridine rings is 1. The van der Waals surface area contributed by atoms with Crippen molar-refractivity contribution in [3.8, 4) is 28.7 Å². The molecule has 0 saturated heterocycles. The first-order chi connectivity index (χ1) is 20.4. The molecule has 10 heteroatoms. The number of ether oxygens (including phenoxy) is 6. The summed E-state index contributed by atoms with van der Waals surface area (Å²) in [5.74, 6) is 1.80. The molecule has 0 aliphatic heterocycles. The van der Waals surface area contributed by atoms with Crippen LogP contribution in [-0.4, -0.2) is 58.4 Å². The third-order valence-corrected chi connectivity index (χ3v) is 6.36. The van der Waals surface area contributed by atoms with Crippen molar-refractivity contribution in [2.75, 3.05) is 41.7 Å². The maximum atomic E-state index is 12.9. The molecule has 0 aliphatic rings. The molecule has 2 N–H and O–H groups in total. The van der Waals surface area contributed by atoms with Gasteiger partial charge < -0.3 is 34.2 Å². The summed E-state index contributed by atoms with van der Waals surface area (Å²) >= 11 is 0. The number of rotatable bonds is 17. The summed E-state index contributed by atoms with van der Waals surface area (Å²) in [6.45, 7) is 1.16. The Morgan fingerprint density at radius 2 is 1.45 bits per heavy atom. The van der Waals surface area contributed by atoms with Crippen LogP contribution in [0.15, 0.2) is 54.7 Å². The third-order valence-electron chi connectivity index (χ3n) is 6.36. The zero-order valence-corrected chi connectivity index (χ0v) is 24.5. The molecule has 2 aromatic carbocycles. The summed E-state index contributed by atoms with van der Waals surface area (Å²) in [5.41, 5.74) is 7.84. The van der Waals surface area contributed by atoms with Crippen LogP contribution < -0.4 is 29.4 Å². The van der Waals surface area contributed by atoms with Gasteiger partial charge in [-0.1, -0.05) is 12.1 Å². The molecule has 3 aromatic rings. The fourth-order valence-corrected chi connectivity index (χ4v) is 4.06. The predicted molar refractivity (Wildman–Crippen MR) is 159 cm³/mol. The summed E-state index contributed by atoms with van der Waals surface area (Å²) in [4.78, 5) is 29.1. The van der Waals surface area contributed by atoms with Gasteiger partial charge in [-0.15, -0.1) is 0 Å². The number of carbonyl (C=O) groups is 2. The van der Waals surface area contributed by atoms with Crippen LogP contribution in [0, 0.1) is 0 Å². The van der Waals surface area contributed by atoms with E-state index in [4.69, 9.17) is 34.2 Å². The Hall–Kier alpha value is -4.57. The van der Waals surface area contributed by atoms with Crippen LogP contribution >= 0.6 is 0 Å². The van der Waals surface area contributed by atoms with Crippen molar-refractivity contribution in [1.29, 1.82) is 0 Å². The van der Waals surface area contributed by atoms with Crippen molar-refractivity contribution >= 4 is 17.8 Å². The summed E-state index contributed by atoms with van der Waals surface area (Å²) in [7, 11) is 6.09. The van der Waals surface area contributed by atoms with Crippen molar-refractivity contribution < 1.29 is 38.0 Å². The molecular weight excluding hydrogens is 540 g/mol. The molecule has 0 spiro atoms. The molecule has 0 amide bonds. The Labute approximate surface area is 246 Å². The number of ketones is 1. The third kappa shape index (κ3) is 8.97. The molecule has 0 unspecified atom stereocenters. The van der Waals surface area contributed by atoms with E-state index in [1.807, 2.05) is 12.1 Å². The zero-order chi connectivity index (χ0) is 30.3. The topological polar surface area (TPSA) is 128 Å². The van der Waals surface area contributed by atoms with Gasteiger partial charge in [-0.05, 0) is 73.7 Å². The fourth-order valence-electron chi connectivity index (χ4n) is 4.06. The number of methoxy groups -OCH3 is 4. The van der Waals surface area contributed by atoms with E-state index in [9.17, 15) is 9.59 Å². The van der Waals surface area contributed by atoms with E-state index in [2.05, 4.69) is 4.98 Å². The first kappa shape index (κ1) is 32.0. The largest absolute Gasteiger partial charge is 0.493 e. The molecule has 0 bridgehead atoms. The number of benzene rings is 2. The maximum Gasteiger partial charge on any atom is 0.339 e. The maximum absolute atomic E-state index is 12.9. The lowest BCUT2D eigenvalue weighted by Gasteiger charge is -2.13. The summed E-state index contributed by atoms with van der Waals surface area (Å²) in [5, 5.41) is 0. The smallest absolute Gasteiger partial charge is 0.339 e. The number of allylic oxidation sites excluding steroid dienone is 1. The molecule has 1 aromatic heterocycles. The quantitative estimate of drug-likeness (QED) is 0.0979. The van der Waals surface area contributed by atoms with Crippen LogP contribution in [-0.2, 0) is 11.3 Å². The number of unbranched alkanes of at least 4 members (excludes halogenated alkanes) is 3. The fraction of sp³-hybridized carbons (Fsp3) is 0.344. The highest BCUT2D eigenvalue weighted by atomic mass is 16.5. The van der Waals surface area contributed by atoms with E-state index in [0.717, 1.165) is 36.9 Å². The lowest BCUT2D eigenvalue weighted by Crippen LogP contribution is -2.08. The van der Waals surface area contributed by atoms with Crippen LogP contribution in [0.25, 0.3) is 6.08 Å². The Balaban J connectivity index is 1.47. The van der Waals surface area contributed by atoms with Gasteiger partial charge in [0.05, 0.1) is 52.9 Å². The molecule has 0 aliphatic carbocycles. The van der Waals surface area contributed by atoms with Crippen LogP contribution in [0.1, 0.15) is 57.7 Å². The van der Waals surface area contributed by atoms with Crippen LogP contribution in [0.4, 0.5) is 0 Å². The SMILES string of the molecule is COc1ccc(/C=C/C(=O)c2cc(OC)c(OC)c(OC)c2)cc1OCCCCCCOC(=O)c1ccc(CN)nc1. The van der Waals surface area contributed by atoms with Crippen molar-refractivity contribution in [2.24, 2.45) is 5.73 Å². The van der Waals surface area contributed by atoms with Gasteiger partial charge in [0.15, 0.2) is 28.8 Å². The van der Waals surface area contributed by atoms with Gasteiger partial charge in [0.2, 0.25) is 5.75 Å². The Bertz CT molecular complexity index is 1330. The second kappa shape index (κ2) is 16.6. The highest BCUT2D eigenvalue weighted by Gasteiger charge is 2.16. The summed E-state index contributed by atoms with van der Waals surface area (Å²) in [6.07, 6.45) is 8.05. The minimum absolute atomic E-state index is 0.223. The Morgan fingerprint density at radius 1 is 0.762 bits per heavy atom. The van der Waals surface area contributed by atoms with Crippen molar-refractivity contribution in [1.82, 2.24) is 4.98 Å². The minimum Gasteiger partial charge on any atom is -0.493 e. The molecular formula is C32H38N2O8. The summed E-state index contributed by atoms with van der Waals surface area (Å²) < 4.78 is 32.7. The van der Waals surface area contributed by atoms with Crippen molar-refractivity contribution in [3.63, 3.8) is 0 Å². The average molecular weight is 579 g/mol. The number of carbonyl (C=O) groups excluding carboxylic acids is 2. The molecule has 10 nitrogen and oxygen atoms in total. The monoisotopic (exact) mass is 578 g/mol. The molecule has 224 valence electrons. The standard InChI is InChI=1S/C32H38N2O8/c1-37-27-14-10-22(9-13-26(35)24-18-29(38-2)31(40-4)30(19-24)39-3)17-28(27)41-15-7-5-6-8-16-42-32(36)23-11-12-25(20-33)34-21-23/h9-14,17-19,21H,5-8,15-16,20,33H2,1-4H3/b13-9+. The Kier molecular flexibility index (Phi) is 12.7. The van der Waals surface area contributed by atoms with Gasteiger partial charge in [0, 0.05) is 18.3 Å². The van der Waals surface area contributed by atoms with Gasteiger partial charge >= 0.3 is 5.97 Å². The molecule has 0 radical (unpaired) electrons. The van der Waals surface area contributed by atoms with E-state index >= 15 is 0 Å². The number of nitrogens with two attached hydrogens (primary N) is 1. The highest BCUT2D eigenvalue weighted by molar-refractivity contribution is 6.07. The van der Waals surface area contributed by atoms with E-state index in [1.54, 1.807) is 43.5 Å². The first-order valence-corrected chi connectivity index (χ1v) is 13.6. The average Bonchev–Trinajstić information content (AvgIpc) is 3.03. The Morgan fingerprint density at radius 3 is 2.05 bits per heavy atom. The van der Waals surface area contributed by atoms with Gasteiger partial charge in [0.1, 0.15) is 0 Å². The normalized spacial score (nSPS) is 10.8. The van der Waals surface area contributed by atoms with E-state index < -0.39 is 0 Å². The first-order valence-electron chi connectivity index (χ1n) is 13.6. The van der Waals surface area contributed by atoms with Crippen LogP contribution in [0.2, 0.25) is 0 Å². The van der Waals surface area contributed by atoms with Crippen molar-refractivity contribution in [3.05, 3.63) is 77.1 Å². The minimum atomic E-state index is -0.388. The highest BCUT2D eigenvalue weighted by Crippen LogP contribution is 2.38.